The van der Waals surface area contributed by atoms with Crippen LogP contribution in [0.25, 0.3) is 0 Å². The number of nitrogens with zero attached hydrogens (tertiary/aromatic N) is 1. The second-order valence-corrected chi connectivity index (χ2v) is 11.2. The summed E-state index contributed by atoms with van der Waals surface area (Å²) in [7, 11) is -2.69. The molecule has 3 aromatic carbocycles. The van der Waals surface area contributed by atoms with Crippen molar-refractivity contribution in [2.75, 3.05) is 18.0 Å². The fourth-order valence-corrected chi connectivity index (χ4v) is 5.18. The van der Waals surface area contributed by atoms with Crippen molar-refractivity contribution >= 4 is 33.2 Å². The van der Waals surface area contributed by atoms with E-state index in [0.29, 0.717) is 17.9 Å². The molecule has 8 heteroatoms. The summed E-state index contributed by atoms with van der Waals surface area (Å²) in [6, 6.07) is 20.1. The predicted octanol–water partition coefficient (Wildman–Crippen LogP) is 6.23. The van der Waals surface area contributed by atoms with E-state index in [1.807, 2.05) is 24.3 Å². The van der Waals surface area contributed by atoms with Gasteiger partial charge in [-0.05, 0) is 59.9 Å². The molecule has 0 aliphatic heterocycles. The largest absolute Gasteiger partial charge is 0.495 e. The highest BCUT2D eigenvalue weighted by Crippen LogP contribution is 2.32. The van der Waals surface area contributed by atoms with Crippen LogP contribution in [0.5, 0.6) is 11.5 Å². The van der Waals surface area contributed by atoms with Crippen molar-refractivity contribution in [1.82, 2.24) is 0 Å². The van der Waals surface area contributed by atoms with Gasteiger partial charge in [0.15, 0.2) is 0 Å². The minimum atomic E-state index is -4.15. The van der Waals surface area contributed by atoms with E-state index in [1.54, 1.807) is 18.2 Å². The van der Waals surface area contributed by atoms with Crippen LogP contribution in [0, 0.1) is 0 Å². The van der Waals surface area contributed by atoms with Gasteiger partial charge in [0, 0.05) is 6.42 Å². The quantitative estimate of drug-likeness (QED) is 0.316. The lowest BCUT2D eigenvalue weighted by molar-refractivity contribution is -0.117. The number of ether oxygens (including phenoxy) is 2. The Labute approximate surface area is 212 Å². The van der Waals surface area contributed by atoms with Crippen molar-refractivity contribution in [2.45, 2.75) is 43.9 Å². The molecule has 0 saturated heterocycles. The van der Waals surface area contributed by atoms with Gasteiger partial charge in [-0.2, -0.15) is 0 Å². The molecule has 3 rings (SSSR count). The first-order valence-corrected chi connectivity index (χ1v) is 13.1. The Balaban J connectivity index is 1.75. The SMILES string of the molecule is COc1ccc(N(C(=O)CCCOc2ccc(C(C)(C)C)cc2)S(=O)(=O)c2ccccc2)cc1Cl. The van der Waals surface area contributed by atoms with Gasteiger partial charge in [-0.15, -0.1) is 0 Å². The molecule has 35 heavy (non-hydrogen) atoms. The summed E-state index contributed by atoms with van der Waals surface area (Å²) in [4.78, 5) is 13.2. The molecule has 1 amide bonds. The minimum Gasteiger partial charge on any atom is -0.495 e. The molecule has 0 bridgehead atoms. The molecule has 0 fully saturated rings. The van der Waals surface area contributed by atoms with Crippen molar-refractivity contribution in [1.29, 1.82) is 0 Å². The lowest BCUT2D eigenvalue weighted by Crippen LogP contribution is -2.37. The predicted molar refractivity (Wildman–Crippen MR) is 139 cm³/mol. The van der Waals surface area contributed by atoms with Gasteiger partial charge in [0.2, 0.25) is 5.91 Å². The Morgan fingerprint density at radius 2 is 1.63 bits per heavy atom. The number of carbonyl (C=O) groups is 1. The molecule has 0 radical (unpaired) electrons. The van der Waals surface area contributed by atoms with Gasteiger partial charge in [-0.25, -0.2) is 12.7 Å². The van der Waals surface area contributed by atoms with E-state index >= 15 is 0 Å². The number of hydrogen-bond donors (Lipinski definition) is 0. The third-order valence-electron chi connectivity index (χ3n) is 5.40. The second kappa shape index (κ2) is 11.1. The standard InChI is InChI=1S/C27H30ClNO5S/c1-27(2,3)20-12-15-22(16-13-20)34-18-8-11-26(30)29(21-14-17-25(33-4)24(28)19-21)35(31,32)23-9-6-5-7-10-23/h5-7,9-10,12-17,19H,8,11,18H2,1-4H3. The number of sulfonamides is 1. The maximum Gasteiger partial charge on any atom is 0.270 e. The van der Waals surface area contributed by atoms with Gasteiger partial charge >= 0.3 is 0 Å². The zero-order valence-corrected chi connectivity index (χ0v) is 21.9. The van der Waals surface area contributed by atoms with Crippen molar-refractivity contribution in [3.05, 3.63) is 83.4 Å². The lowest BCUT2D eigenvalue weighted by Gasteiger charge is -2.23. The first-order chi connectivity index (χ1) is 16.5. The van der Waals surface area contributed by atoms with Gasteiger partial charge in [0.1, 0.15) is 11.5 Å². The third kappa shape index (κ3) is 6.55. The molecule has 0 aliphatic rings. The fraction of sp³-hybridized carbons (Fsp3) is 0.296. The number of anilines is 1. The topological polar surface area (TPSA) is 72.9 Å². The number of rotatable bonds is 9. The average Bonchev–Trinajstić information content (AvgIpc) is 2.82. The summed E-state index contributed by atoms with van der Waals surface area (Å²) in [5.74, 6) is 0.494. The summed E-state index contributed by atoms with van der Waals surface area (Å²) in [6.45, 7) is 6.68. The van der Waals surface area contributed by atoms with E-state index in [2.05, 4.69) is 20.8 Å². The van der Waals surface area contributed by atoms with Gasteiger partial charge in [0.25, 0.3) is 10.0 Å². The number of benzene rings is 3. The molecule has 3 aromatic rings. The van der Waals surface area contributed by atoms with Gasteiger partial charge < -0.3 is 9.47 Å². The molecule has 186 valence electrons. The van der Waals surface area contributed by atoms with Crippen LogP contribution in [0.1, 0.15) is 39.2 Å². The molecule has 0 N–H and O–H groups in total. The van der Waals surface area contributed by atoms with Crippen LogP contribution in [-0.4, -0.2) is 28.0 Å². The minimum absolute atomic E-state index is 0.00970. The monoisotopic (exact) mass is 515 g/mol. The van der Waals surface area contributed by atoms with E-state index in [-0.39, 0.29) is 34.0 Å². The third-order valence-corrected chi connectivity index (χ3v) is 7.46. The number of amides is 1. The van der Waals surface area contributed by atoms with Crippen molar-refractivity contribution in [3.8, 4) is 11.5 Å². The maximum atomic E-state index is 13.4. The van der Waals surface area contributed by atoms with Gasteiger partial charge in [-0.1, -0.05) is 62.7 Å². The maximum absolute atomic E-state index is 13.4. The number of methoxy groups -OCH3 is 1. The number of carbonyl (C=O) groups excluding carboxylic acids is 1. The van der Waals surface area contributed by atoms with Gasteiger partial charge in [-0.3, -0.25) is 4.79 Å². The molecule has 0 spiro atoms. The van der Waals surface area contributed by atoms with Crippen molar-refractivity contribution in [2.24, 2.45) is 0 Å². The molecule has 0 aliphatic carbocycles. The summed E-state index contributed by atoms with van der Waals surface area (Å²) in [5.41, 5.74) is 1.38. The first kappa shape index (κ1) is 26.6. The molecule has 0 aromatic heterocycles. The first-order valence-electron chi connectivity index (χ1n) is 11.2. The summed E-state index contributed by atoms with van der Waals surface area (Å²) in [6.07, 6.45) is 0.306. The summed E-state index contributed by atoms with van der Waals surface area (Å²) in [5, 5.41) is 0.202. The van der Waals surface area contributed by atoms with Crippen molar-refractivity contribution < 1.29 is 22.7 Å². The molecule has 0 atom stereocenters. The molecular formula is C27H30ClNO5S. The van der Waals surface area contributed by atoms with E-state index in [4.69, 9.17) is 21.1 Å². The Bertz CT molecular complexity index is 1250. The van der Waals surface area contributed by atoms with Crippen LogP contribution >= 0.6 is 11.6 Å². The second-order valence-electron chi connectivity index (χ2n) is 9.02. The van der Waals surface area contributed by atoms with Crippen LogP contribution in [0.3, 0.4) is 0 Å². The molecular weight excluding hydrogens is 486 g/mol. The Hall–Kier alpha value is -3.03. The lowest BCUT2D eigenvalue weighted by atomic mass is 9.87. The van der Waals surface area contributed by atoms with Gasteiger partial charge in [0.05, 0.1) is 29.3 Å². The molecule has 0 unspecified atom stereocenters. The van der Waals surface area contributed by atoms with E-state index in [0.717, 1.165) is 4.31 Å². The number of hydrogen-bond acceptors (Lipinski definition) is 5. The van der Waals surface area contributed by atoms with Crippen LogP contribution in [0.15, 0.2) is 77.7 Å². The average molecular weight is 516 g/mol. The van der Waals surface area contributed by atoms with Crippen LogP contribution in [0.2, 0.25) is 5.02 Å². The summed E-state index contributed by atoms with van der Waals surface area (Å²) < 4.78 is 38.5. The highest BCUT2D eigenvalue weighted by atomic mass is 35.5. The Morgan fingerprint density at radius 3 is 2.20 bits per heavy atom. The van der Waals surface area contributed by atoms with E-state index < -0.39 is 15.9 Å². The molecule has 6 nitrogen and oxygen atoms in total. The summed E-state index contributed by atoms with van der Waals surface area (Å²) >= 11 is 6.23. The van der Waals surface area contributed by atoms with E-state index in [9.17, 15) is 13.2 Å². The molecule has 0 saturated carbocycles. The Kier molecular flexibility index (Phi) is 8.46. The number of halogens is 1. The normalized spacial score (nSPS) is 11.7. The highest BCUT2D eigenvalue weighted by molar-refractivity contribution is 7.93. The smallest absolute Gasteiger partial charge is 0.270 e. The zero-order chi connectivity index (χ0) is 25.6. The van der Waals surface area contributed by atoms with Crippen LogP contribution in [-0.2, 0) is 20.2 Å². The van der Waals surface area contributed by atoms with Crippen LogP contribution < -0.4 is 13.8 Å². The Morgan fingerprint density at radius 1 is 0.971 bits per heavy atom. The van der Waals surface area contributed by atoms with E-state index in [1.165, 1.54) is 43.0 Å². The molecule has 0 heterocycles. The fourth-order valence-electron chi connectivity index (χ4n) is 3.46. The zero-order valence-electron chi connectivity index (χ0n) is 20.3. The van der Waals surface area contributed by atoms with Crippen molar-refractivity contribution in [3.63, 3.8) is 0 Å². The highest BCUT2D eigenvalue weighted by Gasteiger charge is 2.31. The van der Waals surface area contributed by atoms with Crippen LogP contribution in [0.4, 0.5) is 5.69 Å².